The summed E-state index contributed by atoms with van der Waals surface area (Å²) in [7, 11) is 1.42. The third-order valence-electron chi connectivity index (χ3n) is 3.55. The van der Waals surface area contributed by atoms with Crippen LogP contribution in [0.2, 0.25) is 0 Å². The Kier molecular flexibility index (Phi) is 7.01. The number of ketones is 1. The smallest absolute Gasteiger partial charge is 0.306 e. The number of carbonyl (C=O) groups excluding carboxylic acids is 1. The highest BCUT2D eigenvalue weighted by atomic mass is 16.7. The van der Waals surface area contributed by atoms with Crippen molar-refractivity contribution in [1.82, 2.24) is 0 Å². The van der Waals surface area contributed by atoms with E-state index in [9.17, 15) is 14.7 Å². The number of aliphatic carboxylic acids is 1. The van der Waals surface area contributed by atoms with Crippen molar-refractivity contribution in [3.63, 3.8) is 0 Å². The lowest BCUT2D eigenvalue weighted by Gasteiger charge is -2.23. The topological polar surface area (TPSA) is 93.1 Å². The second kappa shape index (κ2) is 8.26. The number of unbranched alkanes of at least 4 members (excludes halogenated alkanes) is 2. The van der Waals surface area contributed by atoms with Gasteiger partial charge in [0.05, 0.1) is 6.42 Å². The molecule has 0 radical (unpaired) electrons. The van der Waals surface area contributed by atoms with Crippen molar-refractivity contribution >= 4 is 11.8 Å². The van der Waals surface area contributed by atoms with E-state index in [0.717, 1.165) is 19.3 Å². The summed E-state index contributed by atoms with van der Waals surface area (Å²) in [5.41, 5.74) is -1.55. The SMILES string of the molecule is CCCCCC(=O)C=C[C@H]1O[C@H](OC)C[C@@]1(O)CC(=O)O. The molecule has 21 heavy (non-hydrogen) atoms. The monoisotopic (exact) mass is 300 g/mol. The van der Waals surface area contributed by atoms with Crippen LogP contribution in [0.3, 0.4) is 0 Å². The number of carboxylic acid groups (broad SMARTS) is 1. The molecule has 0 unspecified atom stereocenters. The van der Waals surface area contributed by atoms with Crippen LogP contribution in [0.15, 0.2) is 12.2 Å². The van der Waals surface area contributed by atoms with Gasteiger partial charge in [-0.05, 0) is 18.6 Å². The molecule has 0 aliphatic carbocycles. The maximum Gasteiger partial charge on any atom is 0.306 e. The highest BCUT2D eigenvalue weighted by Crippen LogP contribution is 2.34. The minimum atomic E-state index is -1.55. The molecule has 0 spiro atoms. The Morgan fingerprint density at radius 2 is 2.14 bits per heavy atom. The lowest BCUT2D eigenvalue weighted by atomic mass is 9.91. The summed E-state index contributed by atoms with van der Waals surface area (Å²) in [6.45, 7) is 2.06. The number of allylic oxidation sites excluding steroid dienone is 1. The summed E-state index contributed by atoms with van der Waals surface area (Å²) in [6.07, 6.45) is 4.20. The quantitative estimate of drug-likeness (QED) is 0.497. The van der Waals surface area contributed by atoms with Gasteiger partial charge in [-0.2, -0.15) is 0 Å². The summed E-state index contributed by atoms with van der Waals surface area (Å²) in [5.74, 6) is -1.17. The van der Waals surface area contributed by atoms with E-state index in [1.54, 1.807) is 0 Å². The number of rotatable bonds is 9. The molecule has 3 atom stereocenters. The Labute approximate surface area is 124 Å². The van der Waals surface area contributed by atoms with Gasteiger partial charge in [-0.1, -0.05) is 19.8 Å². The molecule has 0 aromatic rings. The van der Waals surface area contributed by atoms with Crippen molar-refractivity contribution in [2.24, 2.45) is 0 Å². The Morgan fingerprint density at radius 3 is 2.71 bits per heavy atom. The number of aliphatic hydroxyl groups is 1. The first-order chi connectivity index (χ1) is 9.91. The van der Waals surface area contributed by atoms with E-state index in [2.05, 4.69) is 6.92 Å². The van der Waals surface area contributed by atoms with E-state index in [1.807, 2.05) is 0 Å². The third kappa shape index (κ3) is 5.57. The molecule has 1 rings (SSSR count). The molecule has 1 heterocycles. The fraction of sp³-hybridized carbons (Fsp3) is 0.733. The van der Waals surface area contributed by atoms with E-state index in [0.29, 0.717) is 6.42 Å². The zero-order valence-electron chi connectivity index (χ0n) is 12.6. The van der Waals surface area contributed by atoms with Crippen LogP contribution in [-0.2, 0) is 19.1 Å². The molecule has 0 saturated carbocycles. The van der Waals surface area contributed by atoms with E-state index in [1.165, 1.54) is 19.3 Å². The van der Waals surface area contributed by atoms with Gasteiger partial charge in [-0.3, -0.25) is 9.59 Å². The highest BCUT2D eigenvalue weighted by Gasteiger charge is 2.47. The summed E-state index contributed by atoms with van der Waals surface area (Å²) < 4.78 is 10.4. The van der Waals surface area contributed by atoms with Crippen molar-refractivity contribution in [2.45, 2.75) is 63.4 Å². The predicted octanol–water partition coefficient (Wildman–Crippen LogP) is 1.66. The number of carboxylic acids is 1. The first-order valence-corrected chi connectivity index (χ1v) is 7.24. The molecular formula is C15H24O6. The molecule has 0 aromatic heterocycles. The van der Waals surface area contributed by atoms with Crippen LogP contribution in [-0.4, -0.2) is 47.1 Å². The lowest BCUT2D eigenvalue weighted by Crippen LogP contribution is -2.39. The van der Waals surface area contributed by atoms with Crippen molar-refractivity contribution in [2.75, 3.05) is 7.11 Å². The van der Waals surface area contributed by atoms with Crippen LogP contribution in [0.5, 0.6) is 0 Å². The Hall–Kier alpha value is -1.24. The fourth-order valence-corrected chi connectivity index (χ4v) is 2.37. The maximum absolute atomic E-state index is 11.7. The van der Waals surface area contributed by atoms with E-state index in [4.69, 9.17) is 14.6 Å². The van der Waals surface area contributed by atoms with Gasteiger partial charge in [-0.15, -0.1) is 0 Å². The number of carbonyl (C=O) groups is 2. The summed E-state index contributed by atoms with van der Waals surface area (Å²) in [5, 5.41) is 19.3. The molecule has 1 saturated heterocycles. The summed E-state index contributed by atoms with van der Waals surface area (Å²) in [4.78, 5) is 22.6. The van der Waals surface area contributed by atoms with Crippen molar-refractivity contribution in [3.8, 4) is 0 Å². The van der Waals surface area contributed by atoms with Gasteiger partial charge in [0.1, 0.15) is 11.7 Å². The van der Waals surface area contributed by atoms with Crippen molar-refractivity contribution in [3.05, 3.63) is 12.2 Å². The van der Waals surface area contributed by atoms with Crippen LogP contribution in [0.4, 0.5) is 0 Å². The molecule has 6 heteroatoms. The Balaban J connectivity index is 2.64. The van der Waals surface area contributed by atoms with Gasteiger partial charge < -0.3 is 19.7 Å². The standard InChI is InChI=1S/C15H24O6/c1-3-4-5-6-11(16)7-8-12-15(19,9-13(17)18)10-14(20-2)21-12/h7-8,12,14,19H,3-6,9-10H2,1-2H3,(H,17,18)/t12-,14+,15+/m1/s1. The van der Waals surface area contributed by atoms with Crippen LogP contribution in [0.1, 0.15) is 45.4 Å². The normalized spacial score (nSPS) is 29.1. The largest absolute Gasteiger partial charge is 0.481 e. The van der Waals surface area contributed by atoms with Gasteiger partial charge in [-0.25, -0.2) is 0 Å². The molecule has 1 fully saturated rings. The first-order valence-electron chi connectivity index (χ1n) is 7.24. The number of hydrogen-bond donors (Lipinski definition) is 2. The third-order valence-corrected chi connectivity index (χ3v) is 3.55. The van der Waals surface area contributed by atoms with Crippen molar-refractivity contribution < 1.29 is 29.3 Å². The molecule has 6 nitrogen and oxygen atoms in total. The van der Waals surface area contributed by atoms with Gasteiger partial charge in [0.2, 0.25) is 0 Å². The molecule has 0 amide bonds. The van der Waals surface area contributed by atoms with Gasteiger partial charge in [0.15, 0.2) is 12.1 Å². The second-order valence-electron chi connectivity index (χ2n) is 5.38. The van der Waals surface area contributed by atoms with Gasteiger partial charge >= 0.3 is 5.97 Å². The Bertz CT molecular complexity index is 392. The van der Waals surface area contributed by atoms with E-state index in [-0.39, 0.29) is 12.2 Å². The average Bonchev–Trinajstić information content (AvgIpc) is 2.72. The molecular weight excluding hydrogens is 276 g/mol. The average molecular weight is 300 g/mol. The second-order valence-corrected chi connectivity index (χ2v) is 5.38. The first kappa shape index (κ1) is 17.8. The molecule has 2 N–H and O–H groups in total. The Morgan fingerprint density at radius 1 is 1.43 bits per heavy atom. The fourth-order valence-electron chi connectivity index (χ4n) is 2.37. The minimum Gasteiger partial charge on any atom is -0.481 e. The molecule has 1 aliphatic heterocycles. The number of ether oxygens (including phenoxy) is 2. The van der Waals surface area contributed by atoms with Gasteiger partial charge in [0, 0.05) is 20.0 Å². The van der Waals surface area contributed by atoms with Crippen molar-refractivity contribution in [1.29, 1.82) is 0 Å². The maximum atomic E-state index is 11.7. The lowest BCUT2D eigenvalue weighted by molar-refractivity contribution is -0.144. The molecule has 120 valence electrons. The highest BCUT2D eigenvalue weighted by molar-refractivity contribution is 5.89. The zero-order chi connectivity index (χ0) is 15.9. The minimum absolute atomic E-state index is 0.0504. The van der Waals surface area contributed by atoms with Crippen LogP contribution >= 0.6 is 0 Å². The number of methoxy groups -OCH3 is 1. The predicted molar refractivity (Wildman–Crippen MR) is 75.8 cm³/mol. The molecule has 1 aliphatic rings. The zero-order valence-corrected chi connectivity index (χ0v) is 12.6. The van der Waals surface area contributed by atoms with Crippen LogP contribution in [0.25, 0.3) is 0 Å². The van der Waals surface area contributed by atoms with Crippen LogP contribution in [0, 0.1) is 0 Å². The van der Waals surface area contributed by atoms with E-state index >= 15 is 0 Å². The summed E-state index contributed by atoms with van der Waals surface area (Å²) >= 11 is 0. The molecule has 0 aromatic carbocycles. The van der Waals surface area contributed by atoms with Crippen LogP contribution < -0.4 is 0 Å². The van der Waals surface area contributed by atoms with E-state index < -0.39 is 30.4 Å². The summed E-state index contributed by atoms with van der Waals surface area (Å²) in [6, 6.07) is 0. The van der Waals surface area contributed by atoms with Gasteiger partial charge in [0.25, 0.3) is 0 Å². The molecule has 0 bridgehead atoms. The number of hydrogen-bond acceptors (Lipinski definition) is 5.